The molecule has 1 aromatic carbocycles. The van der Waals surface area contributed by atoms with Crippen LogP contribution in [-0.4, -0.2) is 51.3 Å². The minimum absolute atomic E-state index is 0.205. The van der Waals surface area contributed by atoms with E-state index < -0.39 is 29.9 Å². The van der Waals surface area contributed by atoms with Crippen LogP contribution < -0.4 is 16.4 Å². The number of nitrogens with zero attached hydrogens (tertiary/aromatic N) is 2. The van der Waals surface area contributed by atoms with E-state index in [1.807, 2.05) is 30.3 Å². The van der Waals surface area contributed by atoms with E-state index in [2.05, 4.69) is 15.7 Å². The third-order valence-corrected chi connectivity index (χ3v) is 5.66. The van der Waals surface area contributed by atoms with Crippen molar-refractivity contribution in [2.45, 2.75) is 44.2 Å². The summed E-state index contributed by atoms with van der Waals surface area (Å²) in [5.41, 5.74) is 7.51. The SMILES string of the molecule is Cn1nc(C(=O)NC(CCCN)C(=O)NC2CCCC2C(=O)O)cc1-c1ccccc1. The second-order valence-corrected chi connectivity index (χ2v) is 7.85. The molecule has 9 nitrogen and oxygen atoms in total. The number of benzene rings is 1. The maximum atomic E-state index is 12.8. The molecule has 1 aliphatic rings. The first-order valence-electron chi connectivity index (χ1n) is 10.5. The molecule has 0 saturated heterocycles. The number of carboxylic acid groups (broad SMARTS) is 1. The maximum Gasteiger partial charge on any atom is 0.308 e. The van der Waals surface area contributed by atoms with Gasteiger partial charge in [-0.25, -0.2) is 0 Å². The minimum Gasteiger partial charge on any atom is -0.481 e. The molecule has 31 heavy (non-hydrogen) atoms. The Labute approximate surface area is 181 Å². The molecule has 0 bridgehead atoms. The van der Waals surface area contributed by atoms with E-state index in [0.29, 0.717) is 32.2 Å². The number of rotatable bonds is 9. The summed E-state index contributed by atoms with van der Waals surface area (Å²) in [5, 5.41) is 19.2. The smallest absolute Gasteiger partial charge is 0.308 e. The number of carbonyl (C=O) groups excluding carboxylic acids is 2. The monoisotopic (exact) mass is 427 g/mol. The van der Waals surface area contributed by atoms with Crippen LogP contribution in [0.25, 0.3) is 11.3 Å². The predicted molar refractivity (Wildman–Crippen MR) is 115 cm³/mol. The van der Waals surface area contributed by atoms with Crippen LogP contribution in [0.1, 0.15) is 42.6 Å². The molecule has 3 rings (SSSR count). The van der Waals surface area contributed by atoms with E-state index in [1.165, 1.54) is 0 Å². The van der Waals surface area contributed by atoms with Gasteiger partial charge in [-0.15, -0.1) is 0 Å². The average Bonchev–Trinajstić information content (AvgIpc) is 3.38. The molecule has 1 heterocycles. The molecule has 3 atom stereocenters. The zero-order valence-corrected chi connectivity index (χ0v) is 17.6. The van der Waals surface area contributed by atoms with E-state index in [0.717, 1.165) is 17.7 Å². The molecular formula is C22H29N5O4. The molecule has 1 fully saturated rings. The van der Waals surface area contributed by atoms with Crippen LogP contribution in [0.15, 0.2) is 36.4 Å². The lowest BCUT2D eigenvalue weighted by Gasteiger charge is -2.23. The summed E-state index contributed by atoms with van der Waals surface area (Å²) >= 11 is 0. The Morgan fingerprint density at radius 3 is 2.68 bits per heavy atom. The largest absolute Gasteiger partial charge is 0.481 e. The molecule has 3 unspecified atom stereocenters. The van der Waals surface area contributed by atoms with Gasteiger partial charge >= 0.3 is 5.97 Å². The summed E-state index contributed by atoms with van der Waals surface area (Å²) in [4.78, 5) is 37.1. The Morgan fingerprint density at radius 1 is 1.26 bits per heavy atom. The van der Waals surface area contributed by atoms with Gasteiger partial charge in [-0.05, 0) is 43.9 Å². The highest BCUT2D eigenvalue weighted by Gasteiger charge is 2.35. The molecule has 5 N–H and O–H groups in total. The molecule has 0 spiro atoms. The molecule has 1 saturated carbocycles. The van der Waals surface area contributed by atoms with Crippen molar-refractivity contribution in [3.05, 3.63) is 42.1 Å². The number of aliphatic carboxylic acids is 1. The molecule has 0 aliphatic heterocycles. The first-order valence-corrected chi connectivity index (χ1v) is 10.5. The number of hydrogen-bond acceptors (Lipinski definition) is 5. The number of hydrogen-bond donors (Lipinski definition) is 4. The highest BCUT2D eigenvalue weighted by molar-refractivity contribution is 5.97. The Balaban J connectivity index is 1.71. The van der Waals surface area contributed by atoms with Crippen molar-refractivity contribution in [2.24, 2.45) is 18.7 Å². The summed E-state index contributed by atoms with van der Waals surface area (Å²) in [7, 11) is 1.75. The fourth-order valence-corrected chi connectivity index (χ4v) is 3.99. The van der Waals surface area contributed by atoms with E-state index in [9.17, 15) is 19.5 Å². The summed E-state index contributed by atoms with van der Waals surface area (Å²) in [6, 6.07) is 10.0. The number of carboxylic acids is 1. The normalized spacial score (nSPS) is 19.0. The first kappa shape index (κ1) is 22.5. The van der Waals surface area contributed by atoms with Crippen molar-refractivity contribution in [1.29, 1.82) is 0 Å². The lowest BCUT2D eigenvalue weighted by atomic mass is 10.0. The second-order valence-electron chi connectivity index (χ2n) is 7.85. The molecule has 9 heteroatoms. The molecule has 2 amide bonds. The van der Waals surface area contributed by atoms with Crippen LogP contribution in [0, 0.1) is 5.92 Å². The highest BCUT2D eigenvalue weighted by Crippen LogP contribution is 2.26. The lowest BCUT2D eigenvalue weighted by molar-refractivity contribution is -0.142. The van der Waals surface area contributed by atoms with Gasteiger partial charge in [0.25, 0.3) is 5.91 Å². The summed E-state index contributed by atoms with van der Waals surface area (Å²) < 4.78 is 1.62. The summed E-state index contributed by atoms with van der Waals surface area (Å²) in [6.07, 6.45) is 2.80. The van der Waals surface area contributed by atoms with Crippen molar-refractivity contribution in [2.75, 3.05) is 6.54 Å². The van der Waals surface area contributed by atoms with Crippen LogP contribution in [0.5, 0.6) is 0 Å². The van der Waals surface area contributed by atoms with Crippen molar-refractivity contribution < 1.29 is 19.5 Å². The molecule has 166 valence electrons. The van der Waals surface area contributed by atoms with Gasteiger partial charge in [-0.3, -0.25) is 19.1 Å². The van der Waals surface area contributed by atoms with E-state index >= 15 is 0 Å². The van der Waals surface area contributed by atoms with E-state index in [-0.39, 0.29) is 11.6 Å². The minimum atomic E-state index is -0.910. The third kappa shape index (κ3) is 5.49. The van der Waals surface area contributed by atoms with Gasteiger partial charge < -0.3 is 21.5 Å². The molecule has 2 aromatic rings. The Hall–Kier alpha value is -3.20. The molecule has 1 aliphatic carbocycles. The average molecular weight is 428 g/mol. The standard InChI is InChI=1S/C22H29N5O4/c1-27-19(14-7-3-2-4-8-14)13-18(26-27)21(29)25-17(11-6-12-23)20(28)24-16-10-5-9-15(16)22(30)31/h2-4,7-8,13,15-17H,5-6,9-12,23H2,1H3,(H,24,28)(H,25,29)(H,30,31). The summed E-state index contributed by atoms with van der Waals surface area (Å²) in [6.45, 7) is 0.378. The number of nitrogens with one attached hydrogen (secondary N) is 2. The third-order valence-electron chi connectivity index (χ3n) is 5.66. The van der Waals surface area contributed by atoms with Gasteiger partial charge in [-0.1, -0.05) is 36.8 Å². The van der Waals surface area contributed by atoms with E-state index in [4.69, 9.17) is 5.73 Å². The number of carbonyl (C=O) groups is 3. The van der Waals surface area contributed by atoms with Gasteiger partial charge in [0.1, 0.15) is 6.04 Å². The molecule has 0 radical (unpaired) electrons. The zero-order chi connectivity index (χ0) is 22.4. The van der Waals surface area contributed by atoms with Crippen LogP contribution in [0.2, 0.25) is 0 Å². The predicted octanol–water partition coefficient (Wildman–Crippen LogP) is 1.29. The molecule has 1 aromatic heterocycles. The number of amides is 2. The first-order chi connectivity index (χ1) is 14.9. The van der Waals surface area contributed by atoms with Crippen molar-refractivity contribution in [3.8, 4) is 11.3 Å². The maximum absolute atomic E-state index is 12.8. The van der Waals surface area contributed by atoms with Gasteiger partial charge in [0.15, 0.2) is 5.69 Å². The van der Waals surface area contributed by atoms with Crippen LogP contribution in [0.4, 0.5) is 0 Å². The highest BCUT2D eigenvalue weighted by atomic mass is 16.4. The van der Waals surface area contributed by atoms with Gasteiger partial charge in [0, 0.05) is 13.1 Å². The zero-order valence-electron chi connectivity index (χ0n) is 17.6. The topological polar surface area (TPSA) is 139 Å². The van der Waals surface area contributed by atoms with Crippen LogP contribution >= 0.6 is 0 Å². The van der Waals surface area contributed by atoms with Gasteiger partial charge in [-0.2, -0.15) is 5.10 Å². The van der Waals surface area contributed by atoms with E-state index in [1.54, 1.807) is 17.8 Å². The molecular weight excluding hydrogens is 398 g/mol. The number of aryl methyl sites for hydroxylation is 1. The fraction of sp³-hybridized carbons (Fsp3) is 0.455. The van der Waals surface area contributed by atoms with Crippen LogP contribution in [-0.2, 0) is 16.6 Å². The lowest BCUT2D eigenvalue weighted by Crippen LogP contribution is -2.51. The number of nitrogens with two attached hydrogens (primary N) is 1. The van der Waals surface area contributed by atoms with Gasteiger partial charge in [0.2, 0.25) is 5.91 Å². The van der Waals surface area contributed by atoms with Crippen molar-refractivity contribution in [1.82, 2.24) is 20.4 Å². The summed E-state index contributed by atoms with van der Waals surface area (Å²) in [5.74, 6) is -2.36. The van der Waals surface area contributed by atoms with Gasteiger partial charge in [0.05, 0.1) is 11.6 Å². The number of aromatic nitrogens is 2. The fourth-order valence-electron chi connectivity index (χ4n) is 3.99. The second kappa shape index (κ2) is 10.2. The van der Waals surface area contributed by atoms with Crippen molar-refractivity contribution >= 4 is 17.8 Å². The van der Waals surface area contributed by atoms with Crippen molar-refractivity contribution in [3.63, 3.8) is 0 Å². The van der Waals surface area contributed by atoms with Crippen LogP contribution in [0.3, 0.4) is 0 Å². The Bertz CT molecular complexity index is 927. The quantitative estimate of drug-likeness (QED) is 0.476. The Morgan fingerprint density at radius 2 is 2.00 bits per heavy atom. The Kier molecular flexibility index (Phi) is 7.41.